The van der Waals surface area contributed by atoms with Gasteiger partial charge in [0.05, 0.1) is 0 Å². The minimum Gasteiger partial charge on any atom is -0.328 e. The Labute approximate surface area is 112 Å². The van der Waals surface area contributed by atoms with Crippen LogP contribution in [-0.4, -0.2) is 6.04 Å². The highest BCUT2D eigenvalue weighted by molar-refractivity contribution is 5.33. The highest BCUT2D eigenvalue weighted by atomic mass is 19.1. The van der Waals surface area contributed by atoms with Crippen molar-refractivity contribution in [2.45, 2.75) is 25.3 Å². The molecule has 0 aliphatic carbocycles. The molecule has 100 valence electrons. The van der Waals surface area contributed by atoms with Crippen LogP contribution < -0.4 is 5.73 Å². The molecule has 2 rings (SSSR count). The quantitative estimate of drug-likeness (QED) is 0.889. The van der Waals surface area contributed by atoms with E-state index >= 15 is 0 Å². The standard InChI is InChI=1S/C16H17F2N/c1-11(19)8-16(12-4-2-6-14(17)9-12)13-5-3-7-15(18)10-13/h2-7,9-11,16H,8,19H2,1H3/t11-/m1/s1. The molecular formula is C16H17F2N. The zero-order valence-electron chi connectivity index (χ0n) is 10.8. The van der Waals surface area contributed by atoms with Gasteiger partial charge in [-0.05, 0) is 48.7 Å². The molecule has 2 aromatic rings. The molecule has 2 aromatic carbocycles. The monoisotopic (exact) mass is 261 g/mol. The molecule has 0 aromatic heterocycles. The van der Waals surface area contributed by atoms with Crippen LogP contribution in [0.4, 0.5) is 8.78 Å². The molecule has 0 radical (unpaired) electrons. The number of hydrogen-bond acceptors (Lipinski definition) is 1. The molecule has 0 bridgehead atoms. The second-order valence-electron chi connectivity index (χ2n) is 4.88. The van der Waals surface area contributed by atoms with Crippen LogP contribution in [0, 0.1) is 11.6 Å². The van der Waals surface area contributed by atoms with Crippen LogP contribution in [0.3, 0.4) is 0 Å². The maximum Gasteiger partial charge on any atom is 0.123 e. The number of benzene rings is 2. The Morgan fingerprint density at radius 1 is 0.947 bits per heavy atom. The first-order valence-electron chi connectivity index (χ1n) is 6.33. The first-order valence-corrected chi connectivity index (χ1v) is 6.33. The van der Waals surface area contributed by atoms with Crippen LogP contribution in [0.2, 0.25) is 0 Å². The van der Waals surface area contributed by atoms with E-state index in [0.717, 1.165) is 11.1 Å². The zero-order chi connectivity index (χ0) is 13.8. The van der Waals surface area contributed by atoms with Crippen LogP contribution in [0.5, 0.6) is 0 Å². The Hall–Kier alpha value is -1.74. The lowest BCUT2D eigenvalue weighted by Gasteiger charge is -2.20. The van der Waals surface area contributed by atoms with Gasteiger partial charge in [-0.15, -0.1) is 0 Å². The Balaban J connectivity index is 2.41. The van der Waals surface area contributed by atoms with Gasteiger partial charge in [-0.1, -0.05) is 24.3 Å². The van der Waals surface area contributed by atoms with E-state index in [-0.39, 0.29) is 23.6 Å². The average Bonchev–Trinajstić information content (AvgIpc) is 2.35. The van der Waals surface area contributed by atoms with Crippen molar-refractivity contribution in [2.24, 2.45) is 5.73 Å². The lowest BCUT2D eigenvalue weighted by Crippen LogP contribution is -2.19. The fraction of sp³-hybridized carbons (Fsp3) is 0.250. The van der Waals surface area contributed by atoms with Crippen molar-refractivity contribution in [3.63, 3.8) is 0 Å². The summed E-state index contributed by atoms with van der Waals surface area (Å²) in [7, 11) is 0. The second-order valence-corrected chi connectivity index (χ2v) is 4.88. The third-order valence-corrected chi connectivity index (χ3v) is 3.11. The molecule has 0 aliphatic heterocycles. The zero-order valence-corrected chi connectivity index (χ0v) is 10.8. The Kier molecular flexibility index (Phi) is 4.27. The highest BCUT2D eigenvalue weighted by Crippen LogP contribution is 2.29. The van der Waals surface area contributed by atoms with E-state index in [4.69, 9.17) is 5.73 Å². The molecule has 19 heavy (non-hydrogen) atoms. The largest absolute Gasteiger partial charge is 0.328 e. The van der Waals surface area contributed by atoms with Crippen LogP contribution in [0.1, 0.15) is 30.4 Å². The number of halogens is 2. The van der Waals surface area contributed by atoms with E-state index in [9.17, 15) is 8.78 Å². The predicted octanol–water partition coefficient (Wildman–Crippen LogP) is 3.83. The third kappa shape index (κ3) is 3.61. The Morgan fingerprint density at radius 3 is 1.79 bits per heavy atom. The smallest absolute Gasteiger partial charge is 0.123 e. The normalized spacial score (nSPS) is 12.7. The van der Waals surface area contributed by atoms with E-state index in [1.165, 1.54) is 24.3 Å². The Morgan fingerprint density at radius 2 is 1.42 bits per heavy atom. The van der Waals surface area contributed by atoms with Crippen LogP contribution in [0.25, 0.3) is 0 Å². The van der Waals surface area contributed by atoms with Crippen molar-refractivity contribution >= 4 is 0 Å². The van der Waals surface area contributed by atoms with Crippen molar-refractivity contribution in [3.8, 4) is 0 Å². The molecule has 0 fully saturated rings. The van der Waals surface area contributed by atoms with Crippen LogP contribution in [0.15, 0.2) is 48.5 Å². The number of hydrogen-bond donors (Lipinski definition) is 1. The van der Waals surface area contributed by atoms with Gasteiger partial charge in [-0.2, -0.15) is 0 Å². The fourth-order valence-electron chi connectivity index (χ4n) is 2.28. The maximum atomic E-state index is 13.4. The molecule has 0 unspecified atom stereocenters. The summed E-state index contributed by atoms with van der Waals surface area (Å²) in [5.41, 5.74) is 7.50. The van der Waals surface area contributed by atoms with E-state index in [0.29, 0.717) is 6.42 Å². The lowest BCUT2D eigenvalue weighted by atomic mass is 9.86. The van der Waals surface area contributed by atoms with Crippen molar-refractivity contribution in [2.75, 3.05) is 0 Å². The minimum atomic E-state index is -0.288. The predicted molar refractivity (Wildman–Crippen MR) is 72.9 cm³/mol. The van der Waals surface area contributed by atoms with Gasteiger partial charge in [0, 0.05) is 12.0 Å². The Bertz CT molecular complexity index is 506. The molecule has 0 spiro atoms. The minimum absolute atomic E-state index is 0.0449. The van der Waals surface area contributed by atoms with Gasteiger partial charge in [0.1, 0.15) is 11.6 Å². The molecule has 0 amide bonds. The van der Waals surface area contributed by atoms with E-state index in [1.54, 1.807) is 12.1 Å². The third-order valence-electron chi connectivity index (χ3n) is 3.11. The molecular weight excluding hydrogens is 244 g/mol. The summed E-state index contributed by atoms with van der Waals surface area (Å²) in [6.07, 6.45) is 0.646. The summed E-state index contributed by atoms with van der Waals surface area (Å²) in [5, 5.41) is 0. The average molecular weight is 261 g/mol. The molecule has 0 saturated heterocycles. The summed E-state index contributed by atoms with van der Waals surface area (Å²) in [6, 6.07) is 12.8. The lowest BCUT2D eigenvalue weighted by molar-refractivity contribution is 0.586. The number of rotatable bonds is 4. The molecule has 0 aliphatic rings. The van der Waals surface area contributed by atoms with E-state index < -0.39 is 0 Å². The first kappa shape index (κ1) is 13.7. The fourth-order valence-corrected chi connectivity index (χ4v) is 2.28. The SMILES string of the molecule is C[C@@H](N)CC(c1cccc(F)c1)c1cccc(F)c1. The molecule has 0 heterocycles. The van der Waals surface area contributed by atoms with E-state index in [2.05, 4.69) is 0 Å². The molecule has 2 N–H and O–H groups in total. The topological polar surface area (TPSA) is 26.0 Å². The van der Waals surface area contributed by atoms with Crippen LogP contribution in [-0.2, 0) is 0 Å². The molecule has 1 atom stereocenters. The van der Waals surface area contributed by atoms with Crippen molar-refractivity contribution in [1.82, 2.24) is 0 Å². The molecule has 0 saturated carbocycles. The van der Waals surface area contributed by atoms with Gasteiger partial charge >= 0.3 is 0 Å². The summed E-state index contributed by atoms with van der Waals surface area (Å²) < 4.78 is 26.7. The van der Waals surface area contributed by atoms with Crippen molar-refractivity contribution in [3.05, 3.63) is 71.3 Å². The molecule has 1 nitrogen and oxygen atoms in total. The van der Waals surface area contributed by atoms with Gasteiger partial charge < -0.3 is 5.73 Å². The molecule has 3 heteroatoms. The van der Waals surface area contributed by atoms with Crippen molar-refractivity contribution in [1.29, 1.82) is 0 Å². The van der Waals surface area contributed by atoms with E-state index in [1.807, 2.05) is 19.1 Å². The summed E-state index contributed by atoms with van der Waals surface area (Å²) in [4.78, 5) is 0. The highest BCUT2D eigenvalue weighted by Gasteiger charge is 2.17. The second kappa shape index (κ2) is 5.93. The van der Waals surface area contributed by atoms with Gasteiger partial charge in [0.15, 0.2) is 0 Å². The number of nitrogens with two attached hydrogens (primary N) is 1. The van der Waals surface area contributed by atoms with Gasteiger partial charge in [-0.25, -0.2) is 8.78 Å². The summed E-state index contributed by atoms with van der Waals surface area (Å²) >= 11 is 0. The van der Waals surface area contributed by atoms with Gasteiger partial charge in [0.2, 0.25) is 0 Å². The maximum absolute atomic E-state index is 13.4. The van der Waals surface area contributed by atoms with Crippen molar-refractivity contribution < 1.29 is 8.78 Å². The van der Waals surface area contributed by atoms with Gasteiger partial charge in [-0.3, -0.25) is 0 Å². The summed E-state index contributed by atoms with van der Waals surface area (Å²) in [6.45, 7) is 1.89. The van der Waals surface area contributed by atoms with Crippen LogP contribution >= 0.6 is 0 Å². The summed E-state index contributed by atoms with van der Waals surface area (Å²) in [5.74, 6) is -0.668. The van der Waals surface area contributed by atoms with Gasteiger partial charge in [0.25, 0.3) is 0 Å². The first-order chi connectivity index (χ1) is 9.06.